The highest BCUT2D eigenvalue weighted by Gasteiger charge is 2.21. The number of hydrogen-bond donors (Lipinski definition) is 0. The highest BCUT2D eigenvalue weighted by atomic mass is 32.2. The molecule has 0 aliphatic heterocycles. The van der Waals surface area contributed by atoms with Gasteiger partial charge in [-0.15, -0.1) is 0 Å². The standard InChI is InChI=1S/C22H24N2O5S/c1-14-6-7-15(2)21(12-14)30(26,27)29-19-10-8-18(9-11-19)22(25)24(5)13-20-16(3)23-28-17(20)4/h6-12H,13H2,1-5H3. The topological polar surface area (TPSA) is 89.7 Å². The van der Waals surface area contributed by atoms with E-state index in [1.807, 2.05) is 19.9 Å². The number of aromatic nitrogens is 1. The number of rotatable bonds is 6. The van der Waals surface area contributed by atoms with Gasteiger partial charge in [0.1, 0.15) is 16.4 Å². The molecular weight excluding hydrogens is 404 g/mol. The first-order valence-electron chi connectivity index (χ1n) is 9.37. The molecule has 1 aromatic heterocycles. The second-order valence-corrected chi connectivity index (χ2v) is 8.81. The summed E-state index contributed by atoms with van der Waals surface area (Å²) in [5.41, 5.74) is 3.46. The molecule has 3 rings (SSSR count). The van der Waals surface area contributed by atoms with Crippen molar-refractivity contribution in [2.75, 3.05) is 7.05 Å². The van der Waals surface area contributed by atoms with Crippen LogP contribution in [0.5, 0.6) is 5.75 Å². The van der Waals surface area contributed by atoms with Crippen LogP contribution in [0.25, 0.3) is 0 Å². The zero-order valence-electron chi connectivity index (χ0n) is 17.6. The molecule has 0 spiro atoms. The Morgan fingerprint density at radius 3 is 2.33 bits per heavy atom. The third kappa shape index (κ3) is 4.54. The second kappa shape index (κ2) is 8.31. The van der Waals surface area contributed by atoms with E-state index in [9.17, 15) is 13.2 Å². The Kier molecular flexibility index (Phi) is 5.98. The minimum absolute atomic E-state index is 0.127. The molecule has 3 aromatic rings. The van der Waals surface area contributed by atoms with Crippen molar-refractivity contribution < 1.29 is 21.9 Å². The highest BCUT2D eigenvalue weighted by molar-refractivity contribution is 7.87. The van der Waals surface area contributed by atoms with E-state index < -0.39 is 10.1 Å². The van der Waals surface area contributed by atoms with E-state index in [4.69, 9.17) is 8.71 Å². The fourth-order valence-corrected chi connectivity index (χ4v) is 4.31. The maximum atomic E-state index is 12.7. The van der Waals surface area contributed by atoms with Gasteiger partial charge in [0.2, 0.25) is 0 Å². The first-order valence-corrected chi connectivity index (χ1v) is 10.8. The zero-order valence-corrected chi connectivity index (χ0v) is 18.4. The molecule has 0 bridgehead atoms. The van der Waals surface area contributed by atoms with Gasteiger partial charge in [0.15, 0.2) is 0 Å². The van der Waals surface area contributed by atoms with Gasteiger partial charge in [0, 0.05) is 18.2 Å². The Hall–Kier alpha value is -3.13. The summed E-state index contributed by atoms with van der Waals surface area (Å²) in [5, 5.41) is 3.90. The predicted octanol–water partition coefficient (Wildman–Crippen LogP) is 3.95. The first-order chi connectivity index (χ1) is 14.1. The fraction of sp³-hybridized carbons (Fsp3) is 0.273. The SMILES string of the molecule is Cc1ccc(C)c(S(=O)(=O)Oc2ccc(C(=O)N(C)Cc3c(C)noc3C)cc2)c1. The van der Waals surface area contributed by atoms with Crippen molar-refractivity contribution in [1.29, 1.82) is 0 Å². The van der Waals surface area contributed by atoms with Crippen LogP contribution in [-0.4, -0.2) is 31.4 Å². The smallest absolute Gasteiger partial charge is 0.339 e. The second-order valence-electron chi connectivity index (χ2n) is 7.29. The van der Waals surface area contributed by atoms with Crippen molar-refractivity contribution in [3.63, 3.8) is 0 Å². The van der Waals surface area contributed by atoms with Gasteiger partial charge in [-0.05, 0) is 69.2 Å². The van der Waals surface area contributed by atoms with Crippen molar-refractivity contribution in [2.24, 2.45) is 0 Å². The number of carbonyl (C=O) groups is 1. The van der Waals surface area contributed by atoms with Gasteiger partial charge >= 0.3 is 10.1 Å². The molecule has 158 valence electrons. The number of carbonyl (C=O) groups excluding carboxylic acids is 1. The molecule has 1 heterocycles. The lowest BCUT2D eigenvalue weighted by Crippen LogP contribution is -2.26. The van der Waals surface area contributed by atoms with Gasteiger partial charge in [-0.1, -0.05) is 17.3 Å². The van der Waals surface area contributed by atoms with Crippen LogP contribution in [0.1, 0.15) is 38.5 Å². The van der Waals surface area contributed by atoms with Crippen molar-refractivity contribution in [2.45, 2.75) is 39.1 Å². The third-order valence-corrected chi connectivity index (χ3v) is 6.23. The maximum absolute atomic E-state index is 12.7. The lowest BCUT2D eigenvalue weighted by Gasteiger charge is -2.17. The van der Waals surface area contributed by atoms with Crippen LogP contribution in [0.3, 0.4) is 0 Å². The minimum Gasteiger partial charge on any atom is -0.379 e. The Balaban J connectivity index is 1.74. The largest absolute Gasteiger partial charge is 0.379 e. The number of amides is 1. The molecule has 0 unspecified atom stereocenters. The van der Waals surface area contributed by atoms with Gasteiger partial charge in [0.05, 0.1) is 12.2 Å². The molecule has 0 N–H and O–H groups in total. The Bertz CT molecular complexity index is 1160. The summed E-state index contributed by atoms with van der Waals surface area (Å²) in [7, 11) is -2.29. The third-order valence-electron chi connectivity index (χ3n) is 4.84. The number of aryl methyl sites for hydroxylation is 4. The minimum atomic E-state index is -3.97. The van der Waals surface area contributed by atoms with E-state index in [-0.39, 0.29) is 16.6 Å². The van der Waals surface area contributed by atoms with E-state index in [2.05, 4.69) is 5.16 Å². The van der Waals surface area contributed by atoms with Crippen LogP contribution in [-0.2, 0) is 16.7 Å². The molecule has 2 aromatic carbocycles. The average Bonchev–Trinajstić information content (AvgIpc) is 3.01. The molecule has 7 nitrogen and oxygen atoms in total. The molecular formula is C22H24N2O5S. The van der Waals surface area contributed by atoms with E-state index >= 15 is 0 Å². The predicted molar refractivity (Wildman–Crippen MR) is 112 cm³/mol. The summed E-state index contributed by atoms with van der Waals surface area (Å²) in [4.78, 5) is 14.4. The Morgan fingerprint density at radius 1 is 1.07 bits per heavy atom. The van der Waals surface area contributed by atoms with E-state index in [1.165, 1.54) is 12.1 Å². The summed E-state index contributed by atoms with van der Waals surface area (Å²) >= 11 is 0. The number of hydrogen-bond acceptors (Lipinski definition) is 6. The molecule has 0 saturated heterocycles. The Morgan fingerprint density at radius 2 is 1.73 bits per heavy atom. The lowest BCUT2D eigenvalue weighted by atomic mass is 10.1. The van der Waals surface area contributed by atoms with Gasteiger partial charge in [0.25, 0.3) is 5.91 Å². The first kappa shape index (κ1) is 21.6. The molecule has 0 fully saturated rings. The maximum Gasteiger partial charge on any atom is 0.339 e. The van der Waals surface area contributed by atoms with Gasteiger partial charge < -0.3 is 13.6 Å². The van der Waals surface area contributed by atoms with E-state index in [0.717, 1.165) is 16.8 Å². The van der Waals surface area contributed by atoms with Crippen LogP contribution in [0.2, 0.25) is 0 Å². The average molecular weight is 429 g/mol. The normalized spacial score (nSPS) is 11.4. The Labute approximate surface area is 176 Å². The molecule has 0 saturated carbocycles. The molecule has 1 amide bonds. The highest BCUT2D eigenvalue weighted by Crippen LogP contribution is 2.23. The van der Waals surface area contributed by atoms with Crippen LogP contribution in [0.4, 0.5) is 0 Å². The van der Waals surface area contributed by atoms with Crippen molar-refractivity contribution in [1.82, 2.24) is 10.1 Å². The summed E-state index contributed by atoms with van der Waals surface area (Å²) in [6.07, 6.45) is 0. The molecule has 0 aliphatic carbocycles. The van der Waals surface area contributed by atoms with Gasteiger partial charge in [-0.3, -0.25) is 4.79 Å². The zero-order chi connectivity index (χ0) is 22.1. The molecule has 0 aliphatic rings. The van der Waals surface area contributed by atoms with Crippen LogP contribution in [0.15, 0.2) is 51.9 Å². The van der Waals surface area contributed by atoms with Crippen LogP contribution in [0, 0.1) is 27.7 Å². The van der Waals surface area contributed by atoms with Crippen molar-refractivity contribution >= 4 is 16.0 Å². The lowest BCUT2D eigenvalue weighted by molar-refractivity contribution is 0.0784. The number of benzene rings is 2. The summed E-state index contributed by atoms with van der Waals surface area (Å²) < 4.78 is 35.7. The van der Waals surface area contributed by atoms with Crippen LogP contribution >= 0.6 is 0 Å². The summed E-state index contributed by atoms with van der Waals surface area (Å²) in [6.45, 7) is 7.52. The van der Waals surface area contributed by atoms with Crippen molar-refractivity contribution in [3.8, 4) is 5.75 Å². The molecule has 8 heteroatoms. The monoisotopic (exact) mass is 428 g/mol. The van der Waals surface area contributed by atoms with Gasteiger partial charge in [-0.2, -0.15) is 8.42 Å². The molecule has 30 heavy (non-hydrogen) atoms. The number of nitrogens with zero attached hydrogens (tertiary/aromatic N) is 2. The van der Waals surface area contributed by atoms with Crippen LogP contribution < -0.4 is 4.18 Å². The van der Waals surface area contributed by atoms with Crippen molar-refractivity contribution in [3.05, 3.63) is 76.2 Å². The summed E-state index contributed by atoms with van der Waals surface area (Å²) in [5.74, 6) is 0.604. The fourth-order valence-electron chi connectivity index (χ4n) is 3.06. The quantitative estimate of drug-likeness (QED) is 0.552. The van der Waals surface area contributed by atoms with E-state index in [1.54, 1.807) is 50.1 Å². The van der Waals surface area contributed by atoms with Gasteiger partial charge in [-0.25, -0.2) is 0 Å². The van der Waals surface area contributed by atoms with E-state index in [0.29, 0.717) is 23.4 Å². The summed E-state index contributed by atoms with van der Waals surface area (Å²) in [6, 6.07) is 11.2. The molecule has 0 atom stereocenters. The molecule has 0 radical (unpaired) electrons.